The van der Waals surface area contributed by atoms with Crippen LogP contribution in [0.25, 0.3) is 0 Å². The van der Waals surface area contributed by atoms with Gasteiger partial charge in [-0.3, -0.25) is 0 Å². The van der Waals surface area contributed by atoms with Gasteiger partial charge >= 0.3 is 0 Å². The van der Waals surface area contributed by atoms with Crippen LogP contribution in [0.15, 0.2) is 0 Å². The van der Waals surface area contributed by atoms with E-state index in [1.807, 2.05) is 0 Å². The Balaban J connectivity index is 2.04. The monoisotopic (exact) mass is 183 g/mol. The molecule has 1 saturated carbocycles. The first-order valence-electron chi connectivity index (χ1n) is 5.47. The van der Waals surface area contributed by atoms with E-state index in [1.54, 1.807) is 0 Å². The predicted molar refractivity (Wildman–Crippen MR) is 53.5 cm³/mol. The lowest BCUT2D eigenvalue weighted by Crippen LogP contribution is -2.49. The van der Waals surface area contributed by atoms with Gasteiger partial charge in [0.1, 0.15) is 0 Å². The summed E-state index contributed by atoms with van der Waals surface area (Å²) in [6.07, 6.45) is 6.49. The lowest BCUT2D eigenvalue weighted by molar-refractivity contribution is -0.0683. The van der Waals surface area contributed by atoms with E-state index in [9.17, 15) is 0 Å². The maximum absolute atomic E-state index is 6.28. The second kappa shape index (κ2) is 2.96. The van der Waals surface area contributed by atoms with Gasteiger partial charge in [0.05, 0.1) is 6.10 Å². The normalized spacial score (nSPS) is 33.0. The molecule has 2 rings (SSSR count). The molecule has 13 heavy (non-hydrogen) atoms. The van der Waals surface area contributed by atoms with Crippen LogP contribution in [0.5, 0.6) is 0 Å². The number of ether oxygens (including phenoxy) is 1. The van der Waals surface area contributed by atoms with E-state index in [0.29, 0.717) is 6.10 Å². The molecule has 1 saturated heterocycles. The first-order valence-corrected chi connectivity index (χ1v) is 5.47. The molecule has 0 aromatic heterocycles. The molecule has 76 valence electrons. The second-order valence-corrected chi connectivity index (χ2v) is 5.23. The summed E-state index contributed by atoms with van der Waals surface area (Å²) in [6.45, 7) is 5.48. The second-order valence-electron chi connectivity index (χ2n) is 5.23. The van der Waals surface area contributed by atoms with Crippen LogP contribution in [-0.4, -0.2) is 18.2 Å². The van der Waals surface area contributed by atoms with Crippen LogP contribution < -0.4 is 5.73 Å². The highest BCUT2D eigenvalue weighted by molar-refractivity contribution is 5.11. The number of rotatable bonds is 2. The highest BCUT2D eigenvalue weighted by Gasteiger charge is 2.55. The topological polar surface area (TPSA) is 35.2 Å². The summed E-state index contributed by atoms with van der Waals surface area (Å²) >= 11 is 0. The third kappa shape index (κ3) is 1.50. The van der Waals surface area contributed by atoms with Crippen LogP contribution in [0.4, 0.5) is 0 Å². The Hall–Kier alpha value is -0.0800. The van der Waals surface area contributed by atoms with Crippen LogP contribution in [0.2, 0.25) is 0 Å². The minimum atomic E-state index is 0.0784. The summed E-state index contributed by atoms with van der Waals surface area (Å²) in [5.74, 6) is 0. The molecular weight excluding hydrogens is 162 g/mol. The van der Waals surface area contributed by atoms with Gasteiger partial charge in [0.25, 0.3) is 0 Å². The molecule has 2 N–H and O–H groups in total. The van der Waals surface area contributed by atoms with Crippen molar-refractivity contribution in [2.45, 2.75) is 57.6 Å². The summed E-state index contributed by atoms with van der Waals surface area (Å²) in [4.78, 5) is 0. The van der Waals surface area contributed by atoms with E-state index in [-0.39, 0.29) is 11.0 Å². The van der Waals surface area contributed by atoms with Crippen molar-refractivity contribution in [3.8, 4) is 0 Å². The average Bonchev–Trinajstić information content (AvgIpc) is 2.87. The summed E-state index contributed by atoms with van der Waals surface area (Å²) in [5.41, 5.74) is 6.53. The largest absolute Gasteiger partial charge is 0.378 e. The summed E-state index contributed by atoms with van der Waals surface area (Å²) < 4.78 is 5.83. The van der Waals surface area contributed by atoms with Crippen molar-refractivity contribution in [2.75, 3.05) is 6.61 Å². The molecule has 2 nitrogen and oxygen atoms in total. The lowest BCUT2D eigenvalue weighted by Gasteiger charge is -2.41. The molecule has 0 bridgehead atoms. The highest BCUT2D eigenvalue weighted by Crippen LogP contribution is 2.51. The van der Waals surface area contributed by atoms with Gasteiger partial charge in [-0.15, -0.1) is 0 Å². The Morgan fingerprint density at radius 3 is 2.46 bits per heavy atom. The van der Waals surface area contributed by atoms with Gasteiger partial charge in [-0.2, -0.15) is 0 Å². The summed E-state index contributed by atoms with van der Waals surface area (Å²) in [6, 6.07) is 0. The SMILES string of the molecule is CC(C)(C1CCCCO1)C1(N)CC1. The van der Waals surface area contributed by atoms with Gasteiger partial charge in [0.2, 0.25) is 0 Å². The van der Waals surface area contributed by atoms with Crippen LogP contribution in [-0.2, 0) is 4.74 Å². The highest BCUT2D eigenvalue weighted by atomic mass is 16.5. The van der Waals surface area contributed by atoms with E-state index in [4.69, 9.17) is 10.5 Å². The lowest BCUT2D eigenvalue weighted by atomic mass is 9.74. The van der Waals surface area contributed by atoms with Crippen molar-refractivity contribution in [3.05, 3.63) is 0 Å². The predicted octanol–water partition coefficient (Wildman–Crippen LogP) is 2.07. The van der Waals surface area contributed by atoms with E-state index in [0.717, 1.165) is 6.61 Å². The maximum Gasteiger partial charge on any atom is 0.0643 e. The molecule has 0 spiro atoms. The van der Waals surface area contributed by atoms with Gasteiger partial charge in [-0.05, 0) is 32.1 Å². The van der Waals surface area contributed by atoms with Gasteiger partial charge in [0, 0.05) is 17.6 Å². The average molecular weight is 183 g/mol. The maximum atomic E-state index is 6.28. The zero-order valence-electron chi connectivity index (χ0n) is 8.81. The van der Waals surface area contributed by atoms with Gasteiger partial charge in [0.15, 0.2) is 0 Å². The number of nitrogens with two attached hydrogens (primary N) is 1. The molecule has 2 fully saturated rings. The molecule has 0 radical (unpaired) electrons. The summed E-state index contributed by atoms with van der Waals surface area (Å²) in [5, 5.41) is 0. The molecule has 1 unspecified atom stereocenters. The number of hydrogen-bond donors (Lipinski definition) is 1. The van der Waals surface area contributed by atoms with Crippen molar-refractivity contribution in [2.24, 2.45) is 11.1 Å². The van der Waals surface area contributed by atoms with Crippen LogP contribution >= 0.6 is 0 Å². The third-order valence-corrected chi connectivity index (χ3v) is 4.06. The van der Waals surface area contributed by atoms with Crippen molar-refractivity contribution in [1.82, 2.24) is 0 Å². The standard InChI is InChI=1S/C11H21NO/c1-10(2,11(12)6-7-11)9-5-3-4-8-13-9/h9H,3-8,12H2,1-2H3. The first-order chi connectivity index (χ1) is 6.06. The zero-order chi connectivity index (χ0) is 9.53. The van der Waals surface area contributed by atoms with E-state index >= 15 is 0 Å². The Labute approximate surface area is 80.8 Å². The fourth-order valence-electron chi connectivity index (χ4n) is 2.41. The quantitative estimate of drug-likeness (QED) is 0.711. The first kappa shape index (κ1) is 9.47. The summed E-state index contributed by atoms with van der Waals surface area (Å²) in [7, 11) is 0. The molecule has 2 heteroatoms. The van der Waals surface area contributed by atoms with Gasteiger partial charge < -0.3 is 10.5 Å². The molecule has 0 aromatic rings. The van der Waals surface area contributed by atoms with Crippen LogP contribution in [0, 0.1) is 5.41 Å². The molecule has 0 aromatic carbocycles. The third-order valence-electron chi connectivity index (χ3n) is 4.06. The van der Waals surface area contributed by atoms with Gasteiger partial charge in [-0.1, -0.05) is 13.8 Å². The molecule has 1 aliphatic carbocycles. The number of hydrogen-bond acceptors (Lipinski definition) is 2. The Morgan fingerprint density at radius 2 is 2.00 bits per heavy atom. The van der Waals surface area contributed by atoms with Crippen LogP contribution in [0.3, 0.4) is 0 Å². The Morgan fingerprint density at radius 1 is 1.31 bits per heavy atom. The van der Waals surface area contributed by atoms with Gasteiger partial charge in [-0.25, -0.2) is 0 Å². The molecular formula is C11H21NO. The molecule has 1 heterocycles. The fraction of sp³-hybridized carbons (Fsp3) is 1.00. The fourth-order valence-corrected chi connectivity index (χ4v) is 2.41. The van der Waals surface area contributed by atoms with Crippen molar-refractivity contribution in [3.63, 3.8) is 0 Å². The van der Waals surface area contributed by atoms with E-state index in [1.165, 1.54) is 32.1 Å². The molecule has 0 amide bonds. The van der Waals surface area contributed by atoms with Crippen molar-refractivity contribution >= 4 is 0 Å². The van der Waals surface area contributed by atoms with E-state index in [2.05, 4.69) is 13.8 Å². The minimum absolute atomic E-state index is 0.0784. The molecule has 1 atom stereocenters. The Kier molecular flexibility index (Phi) is 2.16. The smallest absolute Gasteiger partial charge is 0.0643 e. The zero-order valence-corrected chi connectivity index (χ0v) is 8.81. The Bertz CT molecular complexity index is 190. The molecule has 1 aliphatic heterocycles. The van der Waals surface area contributed by atoms with Crippen LogP contribution in [0.1, 0.15) is 46.0 Å². The van der Waals surface area contributed by atoms with Crippen molar-refractivity contribution < 1.29 is 4.74 Å². The van der Waals surface area contributed by atoms with Crippen molar-refractivity contribution in [1.29, 1.82) is 0 Å². The minimum Gasteiger partial charge on any atom is -0.378 e. The van der Waals surface area contributed by atoms with E-state index < -0.39 is 0 Å². The molecule has 2 aliphatic rings.